The molecule has 2 aromatic carbocycles. The van der Waals surface area contributed by atoms with E-state index in [0.29, 0.717) is 17.5 Å². The molecule has 0 radical (unpaired) electrons. The monoisotopic (exact) mass is 292 g/mol. The molecule has 5 heteroatoms. The summed E-state index contributed by atoms with van der Waals surface area (Å²) in [5.74, 6) is 4.15. The summed E-state index contributed by atoms with van der Waals surface area (Å²) in [6.07, 6.45) is 5.14. The van der Waals surface area contributed by atoms with Gasteiger partial charge in [-0.3, -0.25) is 0 Å². The topological polar surface area (TPSA) is 68.4 Å². The van der Waals surface area contributed by atoms with Crippen molar-refractivity contribution in [1.29, 1.82) is 0 Å². The van der Waals surface area contributed by atoms with Crippen molar-refractivity contribution < 1.29 is 14.4 Å². The van der Waals surface area contributed by atoms with Crippen molar-refractivity contribution in [3.8, 4) is 46.7 Å². The summed E-state index contributed by atoms with van der Waals surface area (Å²) < 4.78 is 10.5. The third-order valence-electron chi connectivity index (χ3n) is 2.97. The zero-order valence-electron chi connectivity index (χ0n) is 11.6. The van der Waals surface area contributed by atoms with Crippen molar-refractivity contribution >= 4 is 0 Å². The van der Waals surface area contributed by atoms with Crippen molar-refractivity contribution in [3.05, 3.63) is 48.5 Å². The minimum Gasteiger partial charge on any atom is -0.508 e. The molecule has 0 atom stereocenters. The van der Waals surface area contributed by atoms with Gasteiger partial charge in [0.15, 0.2) is 0 Å². The molecule has 1 heterocycles. The molecule has 0 spiro atoms. The highest BCUT2D eigenvalue weighted by Crippen LogP contribution is 2.24. The van der Waals surface area contributed by atoms with Crippen LogP contribution in [0.15, 0.2) is 53.1 Å². The Morgan fingerprint density at radius 3 is 2.41 bits per heavy atom. The van der Waals surface area contributed by atoms with Crippen molar-refractivity contribution in [2.75, 3.05) is 6.61 Å². The SMILES string of the molecule is C#CCOc1ccc(-c2noc(-c3ccc(O)cc3)n2)cc1. The summed E-state index contributed by atoms with van der Waals surface area (Å²) >= 11 is 0. The summed E-state index contributed by atoms with van der Waals surface area (Å²) in [6.45, 7) is 0.229. The summed E-state index contributed by atoms with van der Waals surface area (Å²) in [6, 6.07) is 13.8. The van der Waals surface area contributed by atoms with Gasteiger partial charge in [-0.15, -0.1) is 6.42 Å². The van der Waals surface area contributed by atoms with Crippen LogP contribution in [0, 0.1) is 12.3 Å². The predicted octanol–water partition coefficient (Wildman–Crippen LogP) is 3.12. The van der Waals surface area contributed by atoms with Crippen LogP contribution in [0.25, 0.3) is 22.8 Å². The molecule has 22 heavy (non-hydrogen) atoms. The number of hydrogen-bond donors (Lipinski definition) is 1. The molecule has 0 aliphatic rings. The Hall–Kier alpha value is -3.26. The average Bonchev–Trinajstić information content (AvgIpc) is 3.04. The molecule has 0 amide bonds. The van der Waals surface area contributed by atoms with E-state index in [1.807, 2.05) is 12.1 Å². The Bertz CT molecular complexity index is 799. The lowest BCUT2D eigenvalue weighted by atomic mass is 10.2. The van der Waals surface area contributed by atoms with Crippen LogP contribution in [-0.2, 0) is 0 Å². The van der Waals surface area contributed by atoms with Gasteiger partial charge in [-0.05, 0) is 48.5 Å². The second kappa shape index (κ2) is 6.02. The number of aromatic nitrogens is 2. The molecule has 1 aromatic heterocycles. The highest BCUT2D eigenvalue weighted by atomic mass is 16.5. The van der Waals surface area contributed by atoms with Gasteiger partial charge in [0.25, 0.3) is 5.89 Å². The molecule has 0 aliphatic heterocycles. The van der Waals surface area contributed by atoms with E-state index in [0.717, 1.165) is 11.1 Å². The van der Waals surface area contributed by atoms with Gasteiger partial charge in [0.05, 0.1) is 0 Å². The number of nitrogens with zero attached hydrogens (tertiary/aromatic N) is 2. The summed E-state index contributed by atoms with van der Waals surface area (Å²) in [5.41, 5.74) is 1.55. The van der Waals surface area contributed by atoms with Crippen LogP contribution in [0.1, 0.15) is 0 Å². The average molecular weight is 292 g/mol. The van der Waals surface area contributed by atoms with E-state index >= 15 is 0 Å². The first-order valence-electron chi connectivity index (χ1n) is 6.56. The van der Waals surface area contributed by atoms with E-state index in [9.17, 15) is 5.11 Å². The first-order chi connectivity index (χ1) is 10.8. The fraction of sp³-hybridized carbons (Fsp3) is 0.0588. The Morgan fingerprint density at radius 2 is 1.73 bits per heavy atom. The molecular weight excluding hydrogens is 280 g/mol. The number of phenolic OH excluding ortho intramolecular Hbond substituents is 1. The van der Waals surface area contributed by atoms with Gasteiger partial charge >= 0.3 is 0 Å². The molecule has 0 unspecified atom stereocenters. The van der Waals surface area contributed by atoms with Crippen LogP contribution in [-0.4, -0.2) is 21.9 Å². The summed E-state index contributed by atoms with van der Waals surface area (Å²) in [4.78, 5) is 4.34. The molecule has 0 bridgehead atoms. The van der Waals surface area contributed by atoms with Crippen LogP contribution in [0.2, 0.25) is 0 Å². The number of hydrogen-bond acceptors (Lipinski definition) is 5. The second-order valence-corrected chi connectivity index (χ2v) is 4.49. The quantitative estimate of drug-likeness (QED) is 0.748. The Balaban J connectivity index is 1.81. The molecule has 3 rings (SSSR count). The molecule has 108 valence electrons. The zero-order chi connectivity index (χ0) is 15.4. The molecule has 1 N–H and O–H groups in total. The molecule has 0 saturated heterocycles. The van der Waals surface area contributed by atoms with Crippen LogP contribution < -0.4 is 4.74 Å². The standard InChI is InChI=1S/C17H12N2O3/c1-2-11-21-15-9-5-12(6-10-15)16-18-17(22-19-16)13-3-7-14(20)8-4-13/h1,3-10,20H,11H2. The van der Waals surface area contributed by atoms with Gasteiger partial charge in [0.2, 0.25) is 5.82 Å². The molecule has 5 nitrogen and oxygen atoms in total. The van der Waals surface area contributed by atoms with Crippen LogP contribution in [0.4, 0.5) is 0 Å². The van der Waals surface area contributed by atoms with Crippen LogP contribution in [0.3, 0.4) is 0 Å². The first-order valence-corrected chi connectivity index (χ1v) is 6.56. The van der Waals surface area contributed by atoms with E-state index in [4.69, 9.17) is 15.7 Å². The van der Waals surface area contributed by atoms with E-state index in [1.54, 1.807) is 36.4 Å². The van der Waals surface area contributed by atoms with Crippen molar-refractivity contribution in [2.45, 2.75) is 0 Å². The van der Waals surface area contributed by atoms with Crippen molar-refractivity contribution in [1.82, 2.24) is 10.1 Å². The lowest BCUT2D eigenvalue weighted by Gasteiger charge is -2.01. The Morgan fingerprint density at radius 1 is 1.05 bits per heavy atom. The normalized spacial score (nSPS) is 10.1. The van der Waals surface area contributed by atoms with Gasteiger partial charge in [-0.1, -0.05) is 11.1 Å². The lowest BCUT2D eigenvalue weighted by Crippen LogP contribution is -1.92. The fourth-order valence-corrected chi connectivity index (χ4v) is 1.89. The van der Waals surface area contributed by atoms with Gasteiger partial charge in [0.1, 0.15) is 18.1 Å². The molecule has 0 saturated carbocycles. The minimum absolute atomic E-state index is 0.186. The number of ether oxygens (including phenoxy) is 1. The maximum Gasteiger partial charge on any atom is 0.258 e. The van der Waals surface area contributed by atoms with Gasteiger partial charge in [-0.2, -0.15) is 4.98 Å². The highest BCUT2D eigenvalue weighted by Gasteiger charge is 2.10. The van der Waals surface area contributed by atoms with E-state index in [1.165, 1.54) is 0 Å². The van der Waals surface area contributed by atoms with Gasteiger partial charge in [0, 0.05) is 11.1 Å². The van der Waals surface area contributed by atoms with Gasteiger partial charge in [-0.25, -0.2) is 0 Å². The number of terminal acetylenes is 1. The summed E-state index contributed by atoms with van der Waals surface area (Å²) in [7, 11) is 0. The molecular formula is C17H12N2O3. The molecule has 0 fully saturated rings. The van der Waals surface area contributed by atoms with Crippen LogP contribution in [0.5, 0.6) is 11.5 Å². The molecule has 0 aliphatic carbocycles. The smallest absolute Gasteiger partial charge is 0.258 e. The number of rotatable bonds is 4. The third-order valence-corrected chi connectivity index (χ3v) is 2.97. The molecule has 3 aromatic rings. The maximum absolute atomic E-state index is 9.28. The number of phenols is 1. The Kier molecular flexibility index (Phi) is 3.75. The number of benzene rings is 2. The number of aromatic hydroxyl groups is 1. The van der Waals surface area contributed by atoms with E-state index < -0.39 is 0 Å². The lowest BCUT2D eigenvalue weighted by molar-refractivity contribution is 0.370. The first kappa shape index (κ1) is 13.7. The van der Waals surface area contributed by atoms with Gasteiger partial charge < -0.3 is 14.4 Å². The van der Waals surface area contributed by atoms with E-state index in [-0.39, 0.29) is 12.4 Å². The predicted molar refractivity (Wildman–Crippen MR) is 81.2 cm³/mol. The Labute approximate surface area is 127 Å². The third kappa shape index (κ3) is 2.91. The summed E-state index contributed by atoms with van der Waals surface area (Å²) in [5, 5.41) is 13.2. The zero-order valence-corrected chi connectivity index (χ0v) is 11.6. The van der Waals surface area contributed by atoms with Crippen molar-refractivity contribution in [3.63, 3.8) is 0 Å². The van der Waals surface area contributed by atoms with E-state index in [2.05, 4.69) is 16.1 Å². The fourth-order valence-electron chi connectivity index (χ4n) is 1.89. The highest BCUT2D eigenvalue weighted by molar-refractivity contribution is 5.60. The maximum atomic E-state index is 9.28. The largest absolute Gasteiger partial charge is 0.508 e. The second-order valence-electron chi connectivity index (χ2n) is 4.49. The minimum atomic E-state index is 0.186. The van der Waals surface area contributed by atoms with Crippen molar-refractivity contribution in [2.24, 2.45) is 0 Å². The van der Waals surface area contributed by atoms with Crippen LogP contribution >= 0.6 is 0 Å².